The molecule has 1 saturated heterocycles. The lowest BCUT2D eigenvalue weighted by Gasteiger charge is -2.39. The van der Waals surface area contributed by atoms with E-state index in [-0.39, 0.29) is 11.9 Å². The van der Waals surface area contributed by atoms with Gasteiger partial charge in [0.25, 0.3) is 0 Å². The van der Waals surface area contributed by atoms with Crippen LogP contribution in [0.4, 0.5) is 24.5 Å². The molecule has 2 aromatic rings. The average Bonchev–Trinajstić information content (AvgIpc) is 2.67. The van der Waals surface area contributed by atoms with Crippen molar-refractivity contribution in [1.82, 2.24) is 4.90 Å². The maximum Gasteiger partial charge on any atom is 0.416 e. The molecule has 0 saturated carbocycles. The summed E-state index contributed by atoms with van der Waals surface area (Å²) in [5.41, 5.74) is 2.07. The number of nitrogens with zero attached hydrogens (tertiary/aromatic N) is 2. The smallest absolute Gasteiger partial charge is 0.369 e. The molecule has 0 bridgehead atoms. The fourth-order valence-electron chi connectivity index (χ4n) is 3.42. The van der Waals surface area contributed by atoms with E-state index in [0.717, 1.165) is 38.3 Å². The Balaban J connectivity index is 1.55. The number of alkyl halides is 3. The van der Waals surface area contributed by atoms with E-state index in [0.29, 0.717) is 5.69 Å². The first-order valence-electron chi connectivity index (χ1n) is 9.28. The van der Waals surface area contributed by atoms with Gasteiger partial charge in [-0.15, -0.1) is 0 Å². The lowest BCUT2D eigenvalue weighted by Crippen LogP contribution is -2.53. The number of nitrogens with one attached hydrogen (secondary N) is 1. The van der Waals surface area contributed by atoms with Crippen molar-refractivity contribution < 1.29 is 18.0 Å². The minimum atomic E-state index is -4.38. The monoisotopic (exact) mass is 391 g/mol. The average molecular weight is 391 g/mol. The number of piperazine rings is 1. The molecule has 0 unspecified atom stereocenters. The first-order chi connectivity index (χ1) is 13.3. The van der Waals surface area contributed by atoms with Crippen molar-refractivity contribution in [3.05, 3.63) is 59.7 Å². The summed E-state index contributed by atoms with van der Waals surface area (Å²) in [6.07, 6.45) is -4.38. The zero-order valence-electron chi connectivity index (χ0n) is 16.0. The highest BCUT2D eigenvalue weighted by Crippen LogP contribution is 2.30. The number of aryl methyl sites for hydroxylation is 1. The van der Waals surface area contributed by atoms with E-state index in [2.05, 4.69) is 34.2 Å². The van der Waals surface area contributed by atoms with Gasteiger partial charge in [-0.05, 0) is 49.7 Å². The van der Waals surface area contributed by atoms with Crippen LogP contribution in [0, 0.1) is 6.92 Å². The van der Waals surface area contributed by atoms with Crippen molar-refractivity contribution >= 4 is 17.3 Å². The zero-order valence-corrected chi connectivity index (χ0v) is 16.0. The molecular formula is C21H24F3N3O. The molecular weight excluding hydrogens is 367 g/mol. The van der Waals surface area contributed by atoms with Crippen LogP contribution in [0.3, 0.4) is 0 Å². The minimum Gasteiger partial charge on any atom is -0.369 e. The standard InChI is InChI=1S/C21H24F3N3O/c1-15-5-3-4-6-19(15)27-13-11-26(12-14-27)16(2)20(28)25-18-9-7-17(8-10-18)21(22,23)24/h3-10,16H,11-14H2,1-2H3,(H,25,28)/t16-/m1/s1. The molecule has 1 heterocycles. The van der Waals surface area contributed by atoms with Gasteiger partial charge >= 0.3 is 6.18 Å². The van der Waals surface area contributed by atoms with Crippen LogP contribution in [0.1, 0.15) is 18.1 Å². The Morgan fingerprint density at radius 3 is 2.18 bits per heavy atom. The number of para-hydroxylation sites is 1. The number of carbonyl (C=O) groups excluding carboxylic acids is 1. The molecule has 0 aromatic heterocycles. The van der Waals surface area contributed by atoms with Gasteiger partial charge in [-0.25, -0.2) is 0 Å². The number of carbonyl (C=O) groups is 1. The van der Waals surface area contributed by atoms with Gasteiger partial charge in [-0.3, -0.25) is 9.69 Å². The SMILES string of the molecule is Cc1ccccc1N1CCN([C@H](C)C(=O)Nc2ccc(C(F)(F)F)cc2)CC1. The first-order valence-corrected chi connectivity index (χ1v) is 9.28. The topological polar surface area (TPSA) is 35.6 Å². The molecule has 28 heavy (non-hydrogen) atoms. The summed E-state index contributed by atoms with van der Waals surface area (Å²) in [4.78, 5) is 16.9. The molecule has 1 atom stereocenters. The fraction of sp³-hybridized carbons (Fsp3) is 0.381. The number of halogens is 3. The van der Waals surface area contributed by atoms with E-state index in [1.165, 1.54) is 23.4 Å². The molecule has 1 N–H and O–H groups in total. The summed E-state index contributed by atoms with van der Waals surface area (Å²) in [6.45, 7) is 7.04. The van der Waals surface area contributed by atoms with E-state index in [9.17, 15) is 18.0 Å². The Kier molecular flexibility index (Phi) is 5.93. The normalized spacial score (nSPS) is 16.7. The summed E-state index contributed by atoms with van der Waals surface area (Å²) in [5, 5.41) is 2.71. The van der Waals surface area contributed by atoms with Gasteiger partial charge in [0.05, 0.1) is 11.6 Å². The quantitative estimate of drug-likeness (QED) is 0.850. The Labute approximate surface area is 162 Å². The third-order valence-electron chi connectivity index (χ3n) is 5.18. The van der Waals surface area contributed by atoms with Gasteiger partial charge in [-0.1, -0.05) is 18.2 Å². The van der Waals surface area contributed by atoms with Crippen molar-refractivity contribution in [3.8, 4) is 0 Å². The number of benzene rings is 2. The number of hydrogen-bond donors (Lipinski definition) is 1. The Hall–Kier alpha value is -2.54. The molecule has 2 aromatic carbocycles. The van der Waals surface area contributed by atoms with Crippen molar-refractivity contribution in [2.75, 3.05) is 36.4 Å². The molecule has 0 radical (unpaired) electrons. The number of anilines is 2. The first kappa shape index (κ1) is 20.2. The molecule has 150 valence electrons. The van der Waals surface area contributed by atoms with Gasteiger partial charge in [-0.2, -0.15) is 13.2 Å². The van der Waals surface area contributed by atoms with Crippen LogP contribution < -0.4 is 10.2 Å². The van der Waals surface area contributed by atoms with E-state index in [1.807, 2.05) is 19.1 Å². The Bertz CT molecular complexity index is 812. The highest BCUT2D eigenvalue weighted by atomic mass is 19.4. The predicted molar refractivity (Wildman–Crippen MR) is 105 cm³/mol. The van der Waals surface area contributed by atoms with Crippen LogP contribution in [-0.4, -0.2) is 43.0 Å². The maximum absolute atomic E-state index is 12.6. The van der Waals surface area contributed by atoms with Crippen LogP contribution in [0.25, 0.3) is 0 Å². The van der Waals surface area contributed by atoms with Gasteiger partial charge < -0.3 is 10.2 Å². The minimum absolute atomic E-state index is 0.218. The van der Waals surface area contributed by atoms with Crippen LogP contribution in [0.5, 0.6) is 0 Å². The highest BCUT2D eigenvalue weighted by Gasteiger charge is 2.30. The van der Waals surface area contributed by atoms with E-state index < -0.39 is 11.7 Å². The highest BCUT2D eigenvalue weighted by molar-refractivity contribution is 5.94. The van der Waals surface area contributed by atoms with Gasteiger partial charge in [0.15, 0.2) is 0 Å². The van der Waals surface area contributed by atoms with Crippen molar-refractivity contribution in [2.45, 2.75) is 26.1 Å². The fourth-order valence-corrected chi connectivity index (χ4v) is 3.42. The molecule has 0 aliphatic carbocycles. The Morgan fingerprint density at radius 2 is 1.61 bits per heavy atom. The Morgan fingerprint density at radius 1 is 1.00 bits per heavy atom. The molecule has 3 rings (SSSR count). The molecule has 1 fully saturated rings. The van der Waals surface area contributed by atoms with E-state index in [1.54, 1.807) is 0 Å². The maximum atomic E-state index is 12.6. The summed E-state index contributed by atoms with van der Waals surface area (Å²) in [5.74, 6) is -0.218. The van der Waals surface area contributed by atoms with Gasteiger partial charge in [0.1, 0.15) is 0 Å². The number of hydrogen-bond acceptors (Lipinski definition) is 3. The number of rotatable bonds is 4. The lowest BCUT2D eigenvalue weighted by molar-refractivity contribution is -0.137. The molecule has 4 nitrogen and oxygen atoms in total. The third-order valence-corrected chi connectivity index (χ3v) is 5.18. The van der Waals surface area contributed by atoms with Crippen molar-refractivity contribution in [3.63, 3.8) is 0 Å². The summed E-state index contributed by atoms with van der Waals surface area (Å²) < 4.78 is 37.9. The largest absolute Gasteiger partial charge is 0.416 e. The van der Waals surface area contributed by atoms with E-state index in [4.69, 9.17) is 0 Å². The second-order valence-corrected chi connectivity index (χ2v) is 7.05. The summed E-state index contributed by atoms with van der Waals surface area (Å²) >= 11 is 0. The summed E-state index contributed by atoms with van der Waals surface area (Å²) in [7, 11) is 0. The van der Waals surface area contributed by atoms with Gasteiger partial charge in [0, 0.05) is 37.6 Å². The van der Waals surface area contributed by atoms with Crippen LogP contribution in [0.15, 0.2) is 48.5 Å². The second kappa shape index (κ2) is 8.22. The number of amides is 1. The molecule has 7 heteroatoms. The lowest BCUT2D eigenvalue weighted by atomic mass is 10.1. The van der Waals surface area contributed by atoms with Crippen molar-refractivity contribution in [1.29, 1.82) is 0 Å². The molecule has 0 spiro atoms. The van der Waals surface area contributed by atoms with Crippen molar-refractivity contribution in [2.24, 2.45) is 0 Å². The van der Waals surface area contributed by atoms with Crippen LogP contribution >= 0.6 is 0 Å². The predicted octanol–water partition coefficient (Wildman–Crippen LogP) is 4.16. The third kappa shape index (κ3) is 4.65. The van der Waals surface area contributed by atoms with Crippen LogP contribution in [-0.2, 0) is 11.0 Å². The summed E-state index contributed by atoms with van der Waals surface area (Å²) in [6, 6.07) is 12.4. The molecule has 1 amide bonds. The second-order valence-electron chi connectivity index (χ2n) is 7.05. The molecule has 1 aliphatic heterocycles. The van der Waals surface area contributed by atoms with Crippen LogP contribution in [0.2, 0.25) is 0 Å². The molecule has 1 aliphatic rings. The van der Waals surface area contributed by atoms with E-state index >= 15 is 0 Å². The zero-order chi connectivity index (χ0) is 20.3. The van der Waals surface area contributed by atoms with Gasteiger partial charge in [0.2, 0.25) is 5.91 Å².